The van der Waals surface area contributed by atoms with Crippen LogP contribution in [0.5, 0.6) is 0 Å². The lowest BCUT2D eigenvalue weighted by Crippen LogP contribution is -1.66. The molecule has 1 rings (SSSR count). The fourth-order valence-corrected chi connectivity index (χ4v) is 2.06. The van der Waals surface area contributed by atoms with Crippen molar-refractivity contribution >= 4 is 15.6 Å². The van der Waals surface area contributed by atoms with E-state index in [2.05, 4.69) is 0 Å². The van der Waals surface area contributed by atoms with Gasteiger partial charge in [-0.2, -0.15) is 0 Å². The van der Waals surface area contributed by atoms with E-state index in [1.807, 2.05) is 0 Å². The third-order valence-electron chi connectivity index (χ3n) is 1.07. The fraction of sp³-hybridized carbons (Fsp3) is 1.00. The zero-order chi connectivity index (χ0) is 8.91. The minimum Gasteiger partial charge on any atom is -0.303 e. The van der Waals surface area contributed by atoms with Crippen molar-refractivity contribution in [3.63, 3.8) is 0 Å². The summed E-state index contributed by atoms with van der Waals surface area (Å²) in [6, 6.07) is 0. The van der Waals surface area contributed by atoms with Gasteiger partial charge in [0.15, 0.2) is 0 Å². The van der Waals surface area contributed by atoms with Crippen LogP contribution in [-0.4, -0.2) is 27.0 Å². The molecule has 66 valence electrons. The van der Waals surface area contributed by atoms with Crippen LogP contribution in [0.15, 0.2) is 0 Å². The van der Waals surface area contributed by atoms with Crippen molar-refractivity contribution in [1.82, 2.24) is 0 Å². The summed E-state index contributed by atoms with van der Waals surface area (Å²) in [4.78, 5) is 21.6. The molecule has 1 heterocycles. The Labute approximate surface area is 65.5 Å². The van der Waals surface area contributed by atoms with E-state index in [1.54, 1.807) is 0 Å². The van der Waals surface area contributed by atoms with Crippen molar-refractivity contribution in [3.8, 4) is 0 Å². The third-order valence-corrected chi connectivity index (χ3v) is 2.70. The molecule has 3 N–H and O–H groups in total. The summed E-state index contributed by atoms with van der Waals surface area (Å²) in [5.41, 5.74) is 0. The maximum absolute atomic E-state index is 10.4. The van der Waals surface area contributed by atoms with Gasteiger partial charge in [0.05, 0.1) is 0 Å². The van der Waals surface area contributed by atoms with Crippen LogP contribution in [-0.2, 0) is 9.13 Å². The topological polar surface area (TPSA) is 94.8 Å². The zero-order valence-electron chi connectivity index (χ0n) is 5.88. The van der Waals surface area contributed by atoms with Gasteiger partial charge in [-0.25, -0.2) is 4.57 Å². The van der Waals surface area contributed by atoms with Crippen LogP contribution in [0.2, 0.25) is 0 Å². The predicted octanol–water partition coefficient (Wildman–Crippen LogP) is 0.679. The average Bonchev–Trinajstić information content (AvgIpc) is 2.12. The Kier molecular flexibility index (Phi) is 5.06. The van der Waals surface area contributed by atoms with Crippen molar-refractivity contribution in [1.29, 1.82) is 0 Å². The van der Waals surface area contributed by atoms with Gasteiger partial charge in [0.1, 0.15) is 12.3 Å². The monoisotopic (exact) mass is 201 g/mol. The molecular formula is C4H11O5P2+. The zero-order valence-corrected chi connectivity index (χ0v) is 7.67. The summed E-state index contributed by atoms with van der Waals surface area (Å²) in [5, 5.41) is 0. The summed E-state index contributed by atoms with van der Waals surface area (Å²) < 4.78 is 19.3. The van der Waals surface area contributed by atoms with Gasteiger partial charge in [0, 0.05) is 0 Å². The van der Waals surface area contributed by atoms with Crippen LogP contribution >= 0.6 is 15.6 Å². The first-order chi connectivity index (χ1) is 4.89. The van der Waals surface area contributed by atoms with Crippen LogP contribution < -0.4 is 0 Å². The molecule has 11 heavy (non-hydrogen) atoms. The molecule has 0 spiro atoms. The van der Waals surface area contributed by atoms with E-state index >= 15 is 0 Å². The first-order valence-electron chi connectivity index (χ1n) is 3.10. The maximum atomic E-state index is 10.4. The Morgan fingerprint density at radius 1 is 1.09 bits per heavy atom. The smallest absolute Gasteiger partial charge is 0.303 e. The molecule has 0 amide bonds. The second-order valence-corrected chi connectivity index (χ2v) is 5.03. The summed E-state index contributed by atoms with van der Waals surface area (Å²) in [5.74, 6) is 0. The van der Waals surface area contributed by atoms with Crippen LogP contribution in [0.1, 0.15) is 12.8 Å². The highest BCUT2D eigenvalue weighted by Gasteiger charge is 2.20. The van der Waals surface area contributed by atoms with Gasteiger partial charge in [-0.1, -0.05) is 4.57 Å². The summed E-state index contributed by atoms with van der Waals surface area (Å²) in [6.45, 7) is 0. The van der Waals surface area contributed by atoms with Gasteiger partial charge in [-0.05, 0) is 12.8 Å². The Hall–Kier alpha value is 0.210. The first-order valence-corrected chi connectivity index (χ1v) is 6.29. The molecule has 1 aliphatic rings. The molecule has 1 fully saturated rings. The van der Waals surface area contributed by atoms with E-state index in [1.165, 1.54) is 12.8 Å². The largest absolute Gasteiger partial charge is 0.466 e. The normalized spacial score (nSPS) is 17.5. The SMILES string of the molecule is O=P(O)(O)O.O=[P+]1CCCC1. The third kappa shape index (κ3) is 13.2. The number of rotatable bonds is 0. The molecular weight excluding hydrogens is 190 g/mol. The lowest BCUT2D eigenvalue weighted by atomic mass is 10.4. The molecule has 0 aromatic rings. The predicted molar refractivity (Wildman–Crippen MR) is 40.8 cm³/mol. The molecule has 0 radical (unpaired) electrons. The van der Waals surface area contributed by atoms with Gasteiger partial charge < -0.3 is 14.7 Å². The molecule has 0 unspecified atom stereocenters. The highest BCUT2D eigenvalue weighted by molar-refractivity contribution is 7.45. The van der Waals surface area contributed by atoms with Gasteiger partial charge in [0.2, 0.25) is 0 Å². The molecule has 0 bridgehead atoms. The fourth-order valence-electron chi connectivity index (χ4n) is 0.688. The van der Waals surface area contributed by atoms with Gasteiger partial charge in [0.25, 0.3) is 0 Å². The Balaban J connectivity index is 0.000000187. The number of hydrogen-bond donors (Lipinski definition) is 3. The van der Waals surface area contributed by atoms with Gasteiger partial charge in [-0.15, -0.1) is 0 Å². The van der Waals surface area contributed by atoms with Crippen molar-refractivity contribution in [3.05, 3.63) is 0 Å². The number of hydrogen-bond acceptors (Lipinski definition) is 2. The van der Waals surface area contributed by atoms with Crippen molar-refractivity contribution in [2.24, 2.45) is 0 Å². The number of phosphoric acid groups is 1. The van der Waals surface area contributed by atoms with E-state index < -0.39 is 15.6 Å². The van der Waals surface area contributed by atoms with E-state index in [-0.39, 0.29) is 0 Å². The molecule has 1 aliphatic heterocycles. The lowest BCUT2D eigenvalue weighted by molar-refractivity contribution is 0.275. The van der Waals surface area contributed by atoms with Crippen LogP contribution in [0.25, 0.3) is 0 Å². The lowest BCUT2D eigenvalue weighted by Gasteiger charge is -1.82. The second-order valence-electron chi connectivity index (χ2n) is 2.15. The first kappa shape index (κ1) is 11.2. The van der Waals surface area contributed by atoms with E-state index in [0.717, 1.165) is 12.3 Å². The Morgan fingerprint density at radius 3 is 1.45 bits per heavy atom. The van der Waals surface area contributed by atoms with E-state index in [0.29, 0.717) is 0 Å². The van der Waals surface area contributed by atoms with Crippen molar-refractivity contribution in [2.75, 3.05) is 12.3 Å². The summed E-state index contributed by atoms with van der Waals surface area (Å²) in [7, 11) is -5.35. The Bertz CT molecular complexity index is 157. The van der Waals surface area contributed by atoms with Crippen LogP contribution in [0, 0.1) is 0 Å². The van der Waals surface area contributed by atoms with Crippen molar-refractivity contribution < 1.29 is 23.8 Å². The molecule has 0 atom stereocenters. The van der Waals surface area contributed by atoms with Crippen molar-refractivity contribution in [2.45, 2.75) is 12.8 Å². The van der Waals surface area contributed by atoms with E-state index in [9.17, 15) is 4.57 Å². The van der Waals surface area contributed by atoms with Crippen LogP contribution in [0.4, 0.5) is 0 Å². The molecule has 5 nitrogen and oxygen atoms in total. The molecule has 0 aliphatic carbocycles. The second kappa shape index (κ2) is 4.96. The highest BCUT2D eigenvalue weighted by atomic mass is 31.2. The molecule has 0 aromatic heterocycles. The minimum atomic E-state index is -4.64. The molecule has 7 heteroatoms. The molecule has 1 saturated heterocycles. The molecule has 0 aromatic carbocycles. The average molecular weight is 201 g/mol. The standard InChI is InChI=1S/C4H8OP.H3O4P/c5-6-3-1-2-4-6;1-5(2,3)4/h1-4H2;(H3,1,2,3,4)/q+1;. The maximum Gasteiger partial charge on any atom is 0.466 e. The van der Waals surface area contributed by atoms with Gasteiger partial charge >= 0.3 is 15.6 Å². The van der Waals surface area contributed by atoms with E-state index in [4.69, 9.17) is 19.2 Å². The molecule has 0 saturated carbocycles. The van der Waals surface area contributed by atoms with Gasteiger partial charge in [-0.3, -0.25) is 0 Å². The highest BCUT2D eigenvalue weighted by Crippen LogP contribution is 2.30. The Morgan fingerprint density at radius 2 is 1.36 bits per heavy atom. The quantitative estimate of drug-likeness (QED) is 0.501. The minimum absolute atomic E-state index is 0.715. The summed E-state index contributed by atoms with van der Waals surface area (Å²) >= 11 is 0. The van der Waals surface area contributed by atoms with Crippen LogP contribution in [0.3, 0.4) is 0 Å². The summed E-state index contributed by atoms with van der Waals surface area (Å²) in [6.07, 6.45) is 4.40.